The van der Waals surface area contributed by atoms with Crippen LogP contribution in [0.3, 0.4) is 0 Å². The van der Waals surface area contributed by atoms with Crippen LogP contribution in [0, 0.1) is 0 Å². The third kappa shape index (κ3) is 5.23. The average molecular weight is 354 g/mol. The van der Waals surface area contributed by atoms with Crippen LogP contribution in [0.15, 0.2) is 30.3 Å². The van der Waals surface area contributed by atoms with Gasteiger partial charge in [0.15, 0.2) is 5.69 Å². The lowest BCUT2D eigenvalue weighted by atomic mass is 10.2. The van der Waals surface area contributed by atoms with Crippen molar-refractivity contribution in [1.82, 2.24) is 9.97 Å². The molecule has 2 aromatic rings. The molecule has 0 aliphatic rings. The van der Waals surface area contributed by atoms with Crippen molar-refractivity contribution < 1.29 is 18.0 Å². The number of carbonyl (C=O) groups is 1. The highest BCUT2D eigenvalue weighted by Crippen LogP contribution is 2.30. The Labute approximate surface area is 142 Å². The van der Waals surface area contributed by atoms with Crippen molar-refractivity contribution in [1.29, 1.82) is 0 Å². The molecule has 0 saturated heterocycles. The predicted octanol–water partition coefficient (Wildman–Crippen LogP) is 2.66. The molecular weight excluding hydrogens is 337 g/mol. The molecule has 0 aliphatic carbocycles. The van der Waals surface area contributed by atoms with Crippen LogP contribution in [0.2, 0.25) is 0 Å². The molecule has 25 heavy (non-hydrogen) atoms. The number of benzene rings is 1. The second kappa shape index (κ2) is 7.24. The fraction of sp³-hybridized carbons (Fsp3) is 0.267. The van der Waals surface area contributed by atoms with Crippen LogP contribution in [-0.4, -0.2) is 30.1 Å². The van der Waals surface area contributed by atoms with E-state index in [1.165, 1.54) is 4.90 Å². The molecule has 1 heterocycles. The maximum Gasteiger partial charge on any atom is 0.433 e. The Bertz CT molecular complexity index is 746. The smallest absolute Gasteiger partial charge is 0.363 e. The fourth-order valence-electron chi connectivity index (χ4n) is 1.92. The Morgan fingerprint density at radius 3 is 2.36 bits per heavy atom. The molecule has 0 atom stereocenters. The Balaban J connectivity index is 2.14. The van der Waals surface area contributed by atoms with Gasteiger partial charge < -0.3 is 21.3 Å². The van der Waals surface area contributed by atoms with Crippen LogP contribution in [0.5, 0.6) is 0 Å². The number of halogens is 3. The van der Waals surface area contributed by atoms with E-state index in [4.69, 9.17) is 5.73 Å². The predicted molar refractivity (Wildman–Crippen MR) is 88.3 cm³/mol. The van der Waals surface area contributed by atoms with Crippen molar-refractivity contribution in [2.45, 2.75) is 12.7 Å². The number of rotatable bonds is 5. The summed E-state index contributed by atoms with van der Waals surface area (Å²) in [7, 11) is 3.19. The quantitative estimate of drug-likeness (QED) is 0.767. The number of nitrogens with two attached hydrogens (primary N) is 1. The molecule has 1 aromatic carbocycles. The monoisotopic (exact) mass is 354 g/mol. The molecule has 0 saturated carbocycles. The zero-order valence-electron chi connectivity index (χ0n) is 13.6. The number of aromatic nitrogens is 2. The molecule has 0 spiro atoms. The van der Waals surface area contributed by atoms with Gasteiger partial charge in [-0.15, -0.1) is 0 Å². The largest absolute Gasteiger partial charge is 0.433 e. The minimum atomic E-state index is -4.56. The molecule has 0 unspecified atom stereocenters. The van der Waals surface area contributed by atoms with Crippen LogP contribution in [0.4, 0.5) is 35.4 Å². The van der Waals surface area contributed by atoms with Crippen molar-refractivity contribution in [3.05, 3.63) is 41.6 Å². The maximum atomic E-state index is 12.9. The van der Waals surface area contributed by atoms with Gasteiger partial charge in [0.1, 0.15) is 5.82 Å². The molecule has 2 rings (SSSR count). The van der Waals surface area contributed by atoms with Crippen molar-refractivity contribution in [2.24, 2.45) is 5.73 Å². The second-order valence-corrected chi connectivity index (χ2v) is 5.37. The lowest BCUT2D eigenvalue weighted by Crippen LogP contribution is -2.19. The summed E-state index contributed by atoms with van der Waals surface area (Å²) in [5.74, 6) is 0.0173. The van der Waals surface area contributed by atoms with E-state index in [-0.39, 0.29) is 18.3 Å². The number of nitrogens with zero attached hydrogens (tertiary/aromatic N) is 3. The number of nitrogens with one attached hydrogen (secondary N) is 2. The summed E-state index contributed by atoms with van der Waals surface area (Å²) in [6.07, 6.45) is -4.56. The molecule has 0 radical (unpaired) electrons. The van der Waals surface area contributed by atoms with Crippen LogP contribution in [-0.2, 0) is 12.7 Å². The summed E-state index contributed by atoms with van der Waals surface area (Å²) in [4.78, 5) is 19.8. The first-order valence-electron chi connectivity index (χ1n) is 7.18. The van der Waals surface area contributed by atoms with E-state index in [0.717, 1.165) is 11.6 Å². The second-order valence-electron chi connectivity index (χ2n) is 5.37. The highest BCUT2D eigenvalue weighted by Gasteiger charge is 2.34. The average Bonchev–Trinajstić information content (AvgIpc) is 2.52. The number of alkyl halides is 3. The van der Waals surface area contributed by atoms with Crippen molar-refractivity contribution >= 4 is 23.5 Å². The normalized spacial score (nSPS) is 11.1. The summed E-state index contributed by atoms with van der Waals surface area (Å²) in [6, 6.07) is 6.84. The van der Waals surface area contributed by atoms with Crippen LogP contribution >= 0.6 is 0 Å². The van der Waals surface area contributed by atoms with Gasteiger partial charge in [0.2, 0.25) is 5.95 Å². The number of hydrogen-bond acceptors (Lipinski definition) is 5. The van der Waals surface area contributed by atoms with E-state index in [9.17, 15) is 18.0 Å². The third-order valence-corrected chi connectivity index (χ3v) is 3.13. The van der Waals surface area contributed by atoms with Gasteiger partial charge in [0.25, 0.3) is 0 Å². The zero-order valence-corrected chi connectivity index (χ0v) is 13.6. The zero-order chi connectivity index (χ0) is 18.6. The number of urea groups is 1. The molecule has 4 N–H and O–H groups in total. The maximum absolute atomic E-state index is 12.9. The topological polar surface area (TPSA) is 96.2 Å². The SMILES string of the molecule is CN(C)c1cc(C(F)(F)F)nc(NCc2ccc(NC(N)=O)cc2)n1. The lowest BCUT2D eigenvalue weighted by molar-refractivity contribution is -0.141. The van der Waals surface area contributed by atoms with E-state index in [2.05, 4.69) is 20.6 Å². The van der Waals surface area contributed by atoms with Gasteiger partial charge in [0.05, 0.1) is 0 Å². The minimum Gasteiger partial charge on any atom is -0.363 e. The summed E-state index contributed by atoms with van der Waals surface area (Å²) < 4.78 is 38.8. The number of amides is 2. The first-order chi connectivity index (χ1) is 11.6. The van der Waals surface area contributed by atoms with Gasteiger partial charge in [-0.1, -0.05) is 12.1 Å². The van der Waals surface area contributed by atoms with E-state index >= 15 is 0 Å². The Hall–Kier alpha value is -3.04. The molecule has 0 aliphatic heterocycles. The molecule has 10 heteroatoms. The van der Waals surface area contributed by atoms with Gasteiger partial charge in [-0.25, -0.2) is 9.78 Å². The van der Waals surface area contributed by atoms with Crippen LogP contribution in [0.25, 0.3) is 0 Å². The highest BCUT2D eigenvalue weighted by molar-refractivity contribution is 5.87. The summed E-state index contributed by atoms with van der Waals surface area (Å²) >= 11 is 0. The Kier molecular flexibility index (Phi) is 5.30. The summed E-state index contributed by atoms with van der Waals surface area (Å²) in [5.41, 5.74) is 5.27. The van der Waals surface area contributed by atoms with Gasteiger partial charge >= 0.3 is 12.2 Å². The molecule has 0 fully saturated rings. The van der Waals surface area contributed by atoms with Crippen molar-refractivity contribution in [3.8, 4) is 0 Å². The molecule has 2 amide bonds. The fourth-order valence-corrected chi connectivity index (χ4v) is 1.92. The van der Waals surface area contributed by atoms with Crippen LogP contribution in [0.1, 0.15) is 11.3 Å². The van der Waals surface area contributed by atoms with E-state index in [1.807, 2.05) is 0 Å². The number of carbonyl (C=O) groups excluding carboxylic acids is 1. The van der Waals surface area contributed by atoms with Gasteiger partial charge in [-0.3, -0.25) is 0 Å². The molecular formula is C15H17F3N6O. The molecule has 0 bridgehead atoms. The van der Waals surface area contributed by atoms with Gasteiger partial charge in [0, 0.05) is 32.4 Å². The number of primary amides is 1. The molecule has 134 valence electrons. The van der Waals surface area contributed by atoms with E-state index in [0.29, 0.717) is 5.69 Å². The van der Waals surface area contributed by atoms with Crippen molar-refractivity contribution in [2.75, 3.05) is 29.6 Å². The minimum absolute atomic E-state index is 0.127. The summed E-state index contributed by atoms with van der Waals surface area (Å²) in [6.45, 7) is 0.213. The number of hydrogen-bond donors (Lipinski definition) is 3. The molecule has 7 nitrogen and oxygen atoms in total. The molecule has 1 aromatic heterocycles. The highest BCUT2D eigenvalue weighted by atomic mass is 19.4. The third-order valence-electron chi connectivity index (χ3n) is 3.13. The summed E-state index contributed by atoms with van der Waals surface area (Å²) in [5, 5.41) is 5.18. The van der Waals surface area contributed by atoms with Crippen molar-refractivity contribution in [3.63, 3.8) is 0 Å². The first kappa shape index (κ1) is 18.3. The van der Waals surface area contributed by atoms with Gasteiger partial charge in [-0.05, 0) is 17.7 Å². The Morgan fingerprint density at radius 2 is 1.84 bits per heavy atom. The standard InChI is InChI=1S/C15H17F3N6O/c1-24(2)12-7-11(15(16,17)18)22-14(23-12)20-8-9-3-5-10(6-4-9)21-13(19)25/h3-7H,8H2,1-2H3,(H3,19,21,25)(H,20,22,23). The Morgan fingerprint density at radius 1 is 1.20 bits per heavy atom. The van der Waals surface area contributed by atoms with Crippen LogP contribution < -0.4 is 21.3 Å². The van der Waals surface area contributed by atoms with E-state index in [1.54, 1.807) is 38.4 Å². The lowest BCUT2D eigenvalue weighted by Gasteiger charge is -2.16. The first-order valence-corrected chi connectivity index (χ1v) is 7.18. The number of anilines is 3. The van der Waals surface area contributed by atoms with E-state index < -0.39 is 17.9 Å². The van der Waals surface area contributed by atoms with Gasteiger partial charge in [-0.2, -0.15) is 18.2 Å².